The molecule has 2 rings (SSSR count). The molecule has 2 N–H and O–H groups in total. The molecule has 0 amide bonds. The van der Waals surface area contributed by atoms with Crippen LogP contribution < -0.4 is 10.0 Å². The molecule has 0 aliphatic carbocycles. The summed E-state index contributed by atoms with van der Waals surface area (Å²) in [6.07, 6.45) is 0.699. The Hall–Kier alpha value is 0.0500. The molecule has 1 heterocycles. The molecule has 2 atom stereocenters. The maximum atomic E-state index is 12.3. The van der Waals surface area contributed by atoms with Gasteiger partial charge in [-0.15, -0.1) is 0 Å². The van der Waals surface area contributed by atoms with Gasteiger partial charge in [-0.2, -0.15) is 0 Å². The van der Waals surface area contributed by atoms with Crippen LogP contribution in [0.5, 0.6) is 0 Å². The molecule has 1 aromatic carbocycles. The molecule has 1 aliphatic rings. The van der Waals surface area contributed by atoms with Crippen LogP contribution in [0.15, 0.2) is 32.0 Å². The number of sulfonamides is 1. The Labute approximate surface area is 124 Å². The molecule has 99 valence electrons. The molecular weight excluding hydrogens is 384 g/mol. The van der Waals surface area contributed by atoms with E-state index in [9.17, 15) is 8.42 Å². The van der Waals surface area contributed by atoms with E-state index in [0.717, 1.165) is 4.47 Å². The first-order chi connectivity index (χ1) is 8.38. The van der Waals surface area contributed by atoms with Gasteiger partial charge in [-0.1, -0.05) is 15.9 Å². The van der Waals surface area contributed by atoms with E-state index in [1.807, 2.05) is 0 Å². The Morgan fingerprint density at radius 3 is 2.72 bits per heavy atom. The first-order valence-corrected chi connectivity index (χ1v) is 8.49. The fraction of sp³-hybridized carbons (Fsp3) is 0.364. The van der Waals surface area contributed by atoms with Crippen molar-refractivity contribution in [2.75, 3.05) is 6.54 Å². The van der Waals surface area contributed by atoms with E-state index in [1.54, 1.807) is 18.2 Å². The normalized spacial score (nSPS) is 24.4. The highest BCUT2D eigenvalue weighted by Crippen LogP contribution is 2.26. The van der Waals surface area contributed by atoms with Crippen LogP contribution in [0, 0.1) is 6.92 Å². The van der Waals surface area contributed by atoms with Crippen LogP contribution in [0.3, 0.4) is 0 Å². The van der Waals surface area contributed by atoms with Crippen molar-refractivity contribution < 1.29 is 8.42 Å². The number of rotatable bonds is 3. The summed E-state index contributed by atoms with van der Waals surface area (Å²) in [5, 5.41) is 3.11. The topological polar surface area (TPSA) is 58.2 Å². The first-order valence-electron chi connectivity index (χ1n) is 5.42. The summed E-state index contributed by atoms with van der Waals surface area (Å²) >= 11 is 6.54. The maximum Gasteiger partial charge on any atom is 0.242 e. The van der Waals surface area contributed by atoms with Crippen molar-refractivity contribution in [3.8, 4) is 0 Å². The molecule has 0 unspecified atom stereocenters. The minimum Gasteiger partial charge on any atom is -0.312 e. The van der Waals surface area contributed by atoms with Crippen LogP contribution in [-0.4, -0.2) is 27.0 Å². The Morgan fingerprint density at radius 2 is 2.11 bits per heavy atom. The van der Waals surface area contributed by atoms with E-state index in [-0.39, 0.29) is 17.0 Å². The summed E-state index contributed by atoms with van der Waals surface area (Å²) in [7, 11) is -3.51. The number of hydrogen-bond acceptors (Lipinski definition) is 3. The lowest BCUT2D eigenvalue weighted by molar-refractivity contribution is 0.558. The van der Waals surface area contributed by atoms with Gasteiger partial charge in [0.1, 0.15) is 0 Å². The predicted octanol–water partition coefficient (Wildman–Crippen LogP) is 2.05. The molecule has 0 aromatic heterocycles. The van der Waals surface area contributed by atoms with Gasteiger partial charge < -0.3 is 5.32 Å². The minimum absolute atomic E-state index is 0.101. The van der Waals surface area contributed by atoms with Crippen LogP contribution in [0.2, 0.25) is 0 Å². The van der Waals surface area contributed by atoms with Gasteiger partial charge >= 0.3 is 0 Å². The van der Waals surface area contributed by atoms with Crippen molar-refractivity contribution >= 4 is 41.9 Å². The highest BCUT2D eigenvalue weighted by molar-refractivity contribution is 9.11. The molecule has 7 heteroatoms. The molecule has 18 heavy (non-hydrogen) atoms. The van der Waals surface area contributed by atoms with Crippen molar-refractivity contribution in [3.05, 3.63) is 34.1 Å². The van der Waals surface area contributed by atoms with E-state index < -0.39 is 10.0 Å². The molecule has 0 spiro atoms. The maximum absolute atomic E-state index is 12.3. The fourth-order valence-electron chi connectivity index (χ4n) is 1.87. The van der Waals surface area contributed by atoms with E-state index in [1.165, 1.54) is 0 Å². The second-order valence-corrected chi connectivity index (χ2v) is 7.69. The zero-order chi connectivity index (χ0) is 13.3. The number of hydrogen-bond donors (Lipinski definition) is 2. The molecule has 1 saturated heterocycles. The Morgan fingerprint density at radius 1 is 1.39 bits per heavy atom. The lowest BCUT2D eigenvalue weighted by Crippen LogP contribution is -2.36. The minimum atomic E-state index is -3.51. The summed E-state index contributed by atoms with van der Waals surface area (Å²) in [6.45, 7) is 4.47. The molecule has 1 radical (unpaired) electrons. The summed E-state index contributed by atoms with van der Waals surface area (Å²) in [4.78, 5) is 0.240. The van der Waals surface area contributed by atoms with Crippen LogP contribution in [0.1, 0.15) is 6.42 Å². The SMILES string of the molecule is [CH2][C@@H]1C[C@@H](NS(=O)(=O)c2cc(Br)ccc2Br)CN1. The second-order valence-electron chi connectivity index (χ2n) is 4.23. The van der Waals surface area contributed by atoms with E-state index in [2.05, 4.69) is 48.8 Å². The van der Waals surface area contributed by atoms with Crippen LogP contribution >= 0.6 is 31.9 Å². The Kier molecular flexibility index (Phi) is 4.48. The highest BCUT2D eigenvalue weighted by atomic mass is 79.9. The van der Waals surface area contributed by atoms with Crippen molar-refractivity contribution in [2.45, 2.75) is 23.4 Å². The predicted molar refractivity (Wildman–Crippen MR) is 77.7 cm³/mol. The number of nitrogens with one attached hydrogen (secondary N) is 2. The van der Waals surface area contributed by atoms with Crippen molar-refractivity contribution in [1.82, 2.24) is 10.0 Å². The van der Waals surface area contributed by atoms with Gasteiger partial charge in [-0.05, 0) is 47.5 Å². The lowest BCUT2D eigenvalue weighted by atomic mass is 10.2. The van der Waals surface area contributed by atoms with E-state index in [0.29, 0.717) is 17.4 Å². The molecule has 0 bridgehead atoms. The van der Waals surface area contributed by atoms with Crippen molar-refractivity contribution in [1.29, 1.82) is 0 Å². The average molecular weight is 397 g/mol. The standard InChI is InChI=1S/C11H13Br2N2O2S/c1-7-4-9(6-14-7)15-18(16,17)11-5-8(12)2-3-10(11)13/h2-3,5,7,9,14-15H,1,4,6H2/t7-,9-/m1/s1. The molecular formula is C11H13Br2N2O2S. The highest BCUT2D eigenvalue weighted by Gasteiger charge is 2.27. The van der Waals surface area contributed by atoms with Crippen molar-refractivity contribution in [2.24, 2.45) is 0 Å². The third-order valence-electron chi connectivity index (χ3n) is 2.73. The van der Waals surface area contributed by atoms with Gasteiger partial charge in [-0.25, -0.2) is 13.1 Å². The van der Waals surface area contributed by atoms with Gasteiger partial charge in [0.2, 0.25) is 10.0 Å². The van der Waals surface area contributed by atoms with E-state index >= 15 is 0 Å². The van der Waals surface area contributed by atoms with Gasteiger partial charge in [0.25, 0.3) is 0 Å². The van der Waals surface area contributed by atoms with E-state index in [4.69, 9.17) is 0 Å². The summed E-state index contributed by atoms with van der Waals surface area (Å²) < 4.78 is 28.5. The molecule has 1 aromatic rings. The molecule has 1 aliphatic heterocycles. The van der Waals surface area contributed by atoms with Gasteiger partial charge in [-0.3, -0.25) is 0 Å². The fourth-order valence-corrected chi connectivity index (χ4v) is 4.63. The third-order valence-corrected chi connectivity index (χ3v) is 5.73. The molecule has 1 fully saturated rings. The largest absolute Gasteiger partial charge is 0.312 e. The van der Waals surface area contributed by atoms with Crippen LogP contribution in [-0.2, 0) is 10.0 Å². The lowest BCUT2D eigenvalue weighted by Gasteiger charge is -2.13. The molecule has 0 saturated carbocycles. The summed E-state index contributed by atoms with van der Waals surface area (Å²) in [5.41, 5.74) is 0. The molecule has 4 nitrogen and oxygen atoms in total. The van der Waals surface area contributed by atoms with Gasteiger partial charge in [0.05, 0.1) is 4.90 Å². The second kappa shape index (κ2) is 5.58. The van der Waals surface area contributed by atoms with Crippen molar-refractivity contribution in [3.63, 3.8) is 0 Å². The average Bonchev–Trinajstić information content (AvgIpc) is 2.66. The van der Waals surface area contributed by atoms with Crippen LogP contribution in [0.4, 0.5) is 0 Å². The zero-order valence-corrected chi connectivity index (χ0v) is 13.5. The number of benzene rings is 1. The van der Waals surface area contributed by atoms with Gasteiger partial charge in [0, 0.05) is 27.6 Å². The quantitative estimate of drug-likeness (QED) is 0.821. The smallest absolute Gasteiger partial charge is 0.242 e. The summed E-state index contributed by atoms with van der Waals surface area (Å²) in [6, 6.07) is 5.06. The zero-order valence-electron chi connectivity index (χ0n) is 9.49. The number of halogens is 2. The van der Waals surface area contributed by atoms with Gasteiger partial charge in [0.15, 0.2) is 0 Å². The van der Waals surface area contributed by atoms with Crippen LogP contribution in [0.25, 0.3) is 0 Å². The summed E-state index contributed by atoms with van der Waals surface area (Å²) in [5.74, 6) is 0. The Bertz CT molecular complexity index is 548. The monoisotopic (exact) mass is 395 g/mol. The Balaban J connectivity index is 2.23. The third kappa shape index (κ3) is 3.33. The first kappa shape index (κ1) is 14.5.